The quantitative estimate of drug-likeness (QED) is 0.854. The monoisotopic (exact) mass is 236 g/mol. The van der Waals surface area contributed by atoms with Gasteiger partial charge in [-0.2, -0.15) is 0 Å². The lowest BCUT2D eigenvalue weighted by atomic mass is 10.1. The minimum absolute atomic E-state index is 0.149. The predicted molar refractivity (Wildman–Crippen MR) is 64.0 cm³/mol. The van der Waals surface area contributed by atoms with E-state index in [0.717, 1.165) is 25.9 Å². The van der Waals surface area contributed by atoms with E-state index in [4.69, 9.17) is 0 Å². The van der Waals surface area contributed by atoms with Gasteiger partial charge in [0.15, 0.2) is 0 Å². The summed E-state index contributed by atoms with van der Waals surface area (Å²) in [7, 11) is 0. The van der Waals surface area contributed by atoms with Gasteiger partial charge in [0.1, 0.15) is 5.82 Å². The van der Waals surface area contributed by atoms with E-state index in [2.05, 4.69) is 5.43 Å². The van der Waals surface area contributed by atoms with Crippen LogP contribution in [0.2, 0.25) is 0 Å². The Bertz CT molecular complexity index is 414. The van der Waals surface area contributed by atoms with Gasteiger partial charge in [-0.25, -0.2) is 9.40 Å². The molecule has 1 aliphatic rings. The number of halogens is 1. The smallest absolute Gasteiger partial charge is 0.265 e. The zero-order chi connectivity index (χ0) is 12.3. The van der Waals surface area contributed by atoms with Crippen LogP contribution in [0.3, 0.4) is 0 Å². The van der Waals surface area contributed by atoms with Crippen LogP contribution < -0.4 is 5.43 Å². The van der Waals surface area contributed by atoms with Gasteiger partial charge in [0.25, 0.3) is 5.91 Å². The molecule has 3 nitrogen and oxygen atoms in total. The standard InChI is InChI=1S/C13H17FN2O/c1-10-9-11(14)5-6-12(10)13(17)15-16-7-3-2-4-8-16/h5-6,9H,2-4,7-8H2,1H3,(H,15,17). The summed E-state index contributed by atoms with van der Waals surface area (Å²) in [6, 6.07) is 4.23. The fourth-order valence-electron chi connectivity index (χ4n) is 2.09. The Kier molecular flexibility index (Phi) is 3.74. The molecule has 0 radical (unpaired) electrons. The topological polar surface area (TPSA) is 32.3 Å². The summed E-state index contributed by atoms with van der Waals surface area (Å²) < 4.78 is 12.9. The zero-order valence-electron chi connectivity index (χ0n) is 10.0. The highest BCUT2D eigenvalue weighted by atomic mass is 19.1. The Morgan fingerprint density at radius 2 is 2.00 bits per heavy atom. The van der Waals surface area contributed by atoms with Crippen LogP contribution in [0.4, 0.5) is 4.39 Å². The van der Waals surface area contributed by atoms with Crippen LogP contribution in [-0.2, 0) is 0 Å². The van der Waals surface area contributed by atoms with E-state index >= 15 is 0 Å². The summed E-state index contributed by atoms with van der Waals surface area (Å²) in [6.07, 6.45) is 3.45. The van der Waals surface area contributed by atoms with Crippen molar-refractivity contribution in [2.75, 3.05) is 13.1 Å². The Balaban J connectivity index is 2.03. The molecule has 1 aromatic rings. The Morgan fingerprint density at radius 3 is 2.65 bits per heavy atom. The van der Waals surface area contributed by atoms with Gasteiger partial charge in [0, 0.05) is 18.7 Å². The highest BCUT2D eigenvalue weighted by Crippen LogP contribution is 2.11. The number of hydrazine groups is 1. The van der Waals surface area contributed by atoms with Crippen LogP contribution in [-0.4, -0.2) is 24.0 Å². The van der Waals surface area contributed by atoms with Gasteiger partial charge in [0.05, 0.1) is 0 Å². The molecule has 1 aliphatic heterocycles. The summed E-state index contributed by atoms with van der Waals surface area (Å²) in [4.78, 5) is 12.0. The Labute approximate surface area is 101 Å². The number of aryl methyl sites for hydroxylation is 1. The molecule has 1 N–H and O–H groups in total. The average Bonchev–Trinajstić information content (AvgIpc) is 2.30. The molecule has 1 amide bonds. The van der Waals surface area contributed by atoms with Crippen LogP contribution in [0.5, 0.6) is 0 Å². The molecule has 92 valence electrons. The molecule has 1 saturated heterocycles. The van der Waals surface area contributed by atoms with Crippen molar-refractivity contribution < 1.29 is 9.18 Å². The van der Waals surface area contributed by atoms with Gasteiger partial charge in [0.2, 0.25) is 0 Å². The minimum atomic E-state index is -0.308. The van der Waals surface area contributed by atoms with Crippen molar-refractivity contribution in [1.82, 2.24) is 10.4 Å². The largest absolute Gasteiger partial charge is 0.285 e. The Morgan fingerprint density at radius 1 is 1.29 bits per heavy atom. The number of nitrogens with zero attached hydrogens (tertiary/aromatic N) is 1. The third-order valence-corrected chi connectivity index (χ3v) is 3.05. The Hall–Kier alpha value is -1.42. The summed E-state index contributed by atoms with van der Waals surface area (Å²) in [5.41, 5.74) is 4.07. The number of rotatable bonds is 2. The second-order valence-corrected chi connectivity index (χ2v) is 4.45. The lowest BCUT2D eigenvalue weighted by Crippen LogP contribution is -2.45. The van der Waals surface area contributed by atoms with Crippen molar-refractivity contribution in [1.29, 1.82) is 0 Å². The van der Waals surface area contributed by atoms with Crippen molar-refractivity contribution in [3.8, 4) is 0 Å². The highest BCUT2D eigenvalue weighted by Gasteiger charge is 2.15. The van der Waals surface area contributed by atoms with Crippen molar-refractivity contribution in [3.63, 3.8) is 0 Å². The van der Waals surface area contributed by atoms with E-state index < -0.39 is 0 Å². The van der Waals surface area contributed by atoms with E-state index in [1.165, 1.54) is 24.6 Å². The number of piperidine rings is 1. The van der Waals surface area contributed by atoms with E-state index in [1.807, 2.05) is 5.01 Å². The second-order valence-electron chi connectivity index (χ2n) is 4.45. The summed E-state index contributed by atoms with van der Waals surface area (Å²) in [6.45, 7) is 3.53. The molecular formula is C13H17FN2O. The maximum Gasteiger partial charge on any atom is 0.265 e. The number of carbonyl (C=O) groups is 1. The third-order valence-electron chi connectivity index (χ3n) is 3.05. The molecule has 0 spiro atoms. The molecule has 0 saturated carbocycles. The molecule has 1 fully saturated rings. The van der Waals surface area contributed by atoms with Gasteiger partial charge >= 0.3 is 0 Å². The van der Waals surface area contributed by atoms with E-state index in [1.54, 1.807) is 6.92 Å². The first-order chi connectivity index (χ1) is 8.16. The number of hydrogen-bond donors (Lipinski definition) is 1. The predicted octanol–water partition coefficient (Wildman–Crippen LogP) is 2.26. The summed E-state index contributed by atoms with van der Waals surface area (Å²) >= 11 is 0. The maximum atomic E-state index is 12.9. The van der Waals surface area contributed by atoms with Crippen LogP contribution in [0.25, 0.3) is 0 Å². The minimum Gasteiger partial charge on any atom is -0.285 e. The van der Waals surface area contributed by atoms with E-state index in [0.29, 0.717) is 11.1 Å². The first kappa shape index (κ1) is 12.0. The van der Waals surface area contributed by atoms with Crippen molar-refractivity contribution >= 4 is 5.91 Å². The summed E-state index contributed by atoms with van der Waals surface area (Å²) in [5, 5.41) is 1.94. The number of amides is 1. The normalized spacial score (nSPS) is 16.8. The van der Waals surface area contributed by atoms with Crippen LogP contribution in [0.1, 0.15) is 35.2 Å². The molecule has 1 heterocycles. The zero-order valence-corrected chi connectivity index (χ0v) is 10.0. The van der Waals surface area contributed by atoms with Gasteiger partial charge in [-0.3, -0.25) is 10.2 Å². The number of benzene rings is 1. The number of carbonyl (C=O) groups excluding carboxylic acids is 1. The third kappa shape index (κ3) is 3.03. The fraction of sp³-hybridized carbons (Fsp3) is 0.462. The number of hydrogen-bond acceptors (Lipinski definition) is 2. The molecule has 2 rings (SSSR count). The van der Waals surface area contributed by atoms with Gasteiger partial charge in [-0.05, 0) is 43.5 Å². The van der Waals surface area contributed by atoms with Crippen molar-refractivity contribution in [3.05, 3.63) is 35.1 Å². The molecule has 1 aromatic carbocycles. The van der Waals surface area contributed by atoms with Crippen LogP contribution in [0.15, 0.2) is 18.2 Å². The molecule has 0 atom stereocenters. The lowest BCUT2D eigenvalue weighted by molar-refractivity contribution is 0.0749. The SMILES string of the molecule is Cc1cc(F)ccc1C(=O)NN1CCCCC1. The number of nitrogens with one attached hydrogen (secondary N) is 1. The van der Waals surface area contributed by atoms with Crippen LogP contribution >= 0.6 is 0 Å². The molecule has 0 aliphatic carbocycles. The maximum absolute atomic E-state index is 12.9. The van der Waals surface area contributed by atoms with Gasteiger partial charge < -0.3 is 0 Å². The lowest BCUT2D eigenvalue weighted by Gasteiger charge is -2.27. The molecule has 0 unspecified atom stereocenters. The second kappa shape index (κ2) is 5.27. The molecule has 17 heavy (non-hydrogen) atoms. The summed E-state index contributed by atoms with van der Waals surface area (Å²) in [5.74, 6) is -0.457. The fourth-order valence-corrected chi connectivity index (χ4v) is 2.09. The highest BCUT2D eigenvalue weighted by molar-refractivity contribution is 5.95. The van der Waals surface area contributed by atoms with Crippen LogP contribution in [0, 0.1) is 12.7 Å². The molecular weight excluding hydrogens is 219 g/mol. The van der Waals surface area contributed by atoms with E-state index in [-0.39, 0.29) is 11.7 Å². The molecule has 0 aromatic heterocycles. The van der Waals surface area contributed by atoms with Gasteiger partial charge in [-0.15, -0.1) is 0 Å². The average molecular weight is 236 g/mol. The van der Waals surface area contributed by atoms with Crippen molar-refractivity contribution in [2.45, 2.75) is 26.2 Å². The van der Waals surface area contributed by atoms with Gasteiger partial charge in [-0.1, -0.05) is 6.42 Å². The molecule has 0 bridgehead atoms. The van der Waals surface area contributed by atoms with E-state index in [9.17, 15) is 9.18 Å². The first-order valence-corrected chi connectivity index (χ1v) is 5.99. The first-order valence-electron chi connectivity index (χ1n) is 5.99. The van der Waals surface area contributed by atoms with Crippen molar-refractivity contribution in [2.24, 2.45) is 0 Å². The molecule has 4 heteroatoms.